The molecular formula is C49H40N6. The second-order valence-corrected chi connectivity index (χ2v) is 14.2. The lowest BCUT2D eigenvalue weighted by Gasteiger charge is -2.34. The summed E-state index contributed by atoms with van der Waals surface area (Å²) < 4.78 is 0. The first kappa shape index (κ1) is 34.1. The summed E-state index contributed by atoms with van der Waals surface area (Å²) in [6.45, 7) is 0. The number of rotatable bonds is 8. The summed E-state index contributed by atoms with van der Waals surface area (Å²) in [5.74, 6) is 4.00. The lowest BCUT2D eigenvalue weighted by atomic mass is 9.69. The molecule has 2 aromatic heterocycles. The van der Waals surface area contributed by atoms with Crippen molar-refractivity contribution in [2.75, 3.05) is 0 Å². The van der Waals surface area contributed by atoms with E-state index in [9.17, 15) is 0 Å². The fourth-order valence-electron chi connectivity index (χ4n) is 7.83. The molecule has 0 amide bonds. The van der Waals surface area contributed by atoms with Gasteiger partial charge in [-0.3, -0.25) is 0 Å². The van der Waals surface area contributed by atoms with Crippen molar-refractivity contribution in [1.82, 2.24) is 29.9 Å². The van der Waals surface area contributed by atoms with Gasteiger partial charge in [0.15, 0.2) is 34.9 Å². The van der Waals surface area contributed by atoms with Gasteiger partial charge in [0, 0.05) is 38.8 Å². The van der Waals surface area contributed by atoms with E-state index in [1.807, 2.05) is 121 Å². The van der Waals surface area contributed by atoms with Crippen LogP contribution in [0.25, 0.3) is 68.3 Å². The van der Waals surface area contributed by atoms with Gasteiger partial charge in [-0.05, 0) is 24.0 Å². The van der Waals surface area contributed by atoms with E-state index in [1.54, 1.807) is 0 Å². The number of hydrogen-bond acceptors (Lipinski definition) is 6. The molecule has 0 saturated heterocycles. The Kier molecular flexibility index (Phi) is 9.53. The van der Waals surface area contributed by atoms with Gasteiger partial charge in [0.1, 0.15) is 0 Å². The summed E-state index contributed by atoms with van der Waals surface area (Å²) in [6.07, 6.45) is 7.06. The molecule has 0 atom stereocenters. The van der Waals surface area contributed by atoms with Crippen LogP contribution in [0, 0.1) is 0 Å². The molecule has 6 nitrogen and oxygen atoms in total. The zero-order chi connectivity index (χ0) is 36.9. The Morgan fingerprint density at radius 3 is 0.745 bits per heavy atom. The zero-order valence-electron chi connectivity index (χ0n) is 30.6. The molecule has 2 heterocycles. The third kappa shape index (κ3) is 7.19. The van der Waals surface area contributed by atoms with Crippen LogP contribution in [0.5, 0.6) is 0 Å². The van der Waals surface area contributed by atoms with Gasteiger partial charge in [0.2, 0.25) is 0 Å². The molecule has 1 fully saturated rings. The molecule has 1 aliphatic rings. The van der Waals surface area contributed by atoms with Crippen molar-refractivity contribution in [3.05, 3.63) is 181 Å². The van der Waals surface area contributed by atoms with E-state index in [1.165, 1.54) is 36.8 Å². The predicted octanol–water partition coefficient (Wildman–Crippen LogP) is 11.7. The van der Waals surface area contributed by atoms with Crippen LogP contribution >= 0.6 is 0 Å². The number of benzene rings is 6. The lowest BCUT2D eigenvalue weighted by Crippen LogP contribution is -2.27. The summed E-state index contributed by atoms with van der Waals surface area (Å²) in [7, 11) is 0. The molecule has 0 bridgehead atoms. The molecular weight excluding hydrogens is 673 g/mol. The highest BCUT2D eigenvalue weighted by Crippen LogP contribution is 2.45. The summed E-state index contributed by atoms with van der Waals surface area (Å²) in [5.41, 5.74) is 8.33. The Bertz CT molecular complexity index is 2210. The molecule has 0 radical (unpaired) electrons. The molecule has 1 aliphatic carbocycles. The van der Waals surface area contributed by atoms with Crippen molar-refractivity contribution < 1.29 is 0 Å². The Morgan fingerprint density at radius 1 is 0.255 bits per heavy atom. The van der Waals surface area contributed by atoms with Gasteiger partial charge in [0.25, 0.3) is 0 Å². The molecule has 55 heavy (non-hydrogen) atoms. The predicted molar refractivity (Wildman–Crippen MR) is 221 cm³/mol. The van der Waals surface area contributed by atoms with E-state index in [4.69, 9.17) is 29.9 Å². The van der Waals surface area contributed by atoms with Crippen molar-refractivity contribution in [2.45, 2.75) is 43.9 Å². The number of aromatic nitrogens is 6. The van der Waals surface area contributed by atoms with E-state index in [0.717, 1.165) is 46.2 Å². The summed E-state index contributed by atoms with van der Waals surface area (Å²) in [5, 5.41) is 0. The minimum Gasteiger partial charge on any atom is -0.208 e. The molecule has 266 valence electrons. The van der Waals surface area contributed by atoms with Crippen molar-refractivity contribution >= 4 is 0 Å². The summed E-state index contributed by atoms with van der Waals surface area (Å²) in [6, 6.07) is 58.5. The maximum atomic E-state index is 4.98. The van der Waals surface area contributed by atoms with Gasteiger partial charge < -0.3 is 0 Å². The maximum absolute atomic E-state index is 4.98. The van der Waals surface area contributed by atoms with Crippen molar-refractivity contribution in [3.63, 3.8) is 0 Å². The van der Waals surface area contributed by atoms with Gasteiger partial charge in [0.05, 0.1) is 0 Å². The molecule has 0 aliphatic heterocycles. The Hall–Kier alpha value is -6.66. The topological polar surface area (TPSA) is 77.3 Å². The standard InChI is InChI=1S/C49H40N6/c1-2-16-34-49(33-15-1,41-29-25-39(26-30-41)47-52-43(35-17-7-3-8-18-35)50-44(53-47)36-19-9-4-10-20-36)42-31-27-40(28-32-42)48-54-45(37-21-11-5-12-22-37)51-46(55-48)38-23-13-6-14-24-38/h3-14,17-32H,1-2,15-16,33-34H2. The second kappa shape index (κ2) is 15.4. The van der Waals surface area contributed by atoms with Crippen LogP contribution in [0.15, 0.2) is 170 Å². The monoisotopic (exact) mass is 712 g/mol. The van der Waals surface area contributed by atoms with E-state index in [2.05, 4.69) is 48.5 Å². The first-order valence-electron chi connectivity index (χ1n) is 19.2. The number of hydrogen-bond donors (Lipinski definition) is 0. The third-order valence-corrected chi connectivity index (χ3v) is 10.7. The normalized spacial score (nSPS) is 13.9. The van der Waals surface area contributed by atoms with Crippen LogP contribution in [0.3, 0.4) is 0 Å². The van der Waals surface area contributed by atoms with Crippen LogP contribution in [0.1, 0.15) is 49.7 Å². The van der Waals surface area contributed by atoms with Crippen molar-refractivity contribution in [3.8, 4) is 68.3 Å². The first-order chi connectivity index (χ1) is 27.2. The largest absolute Gasteiger partial charge is 0.208 e. The van der Waals surface area contributed by atoms with Crippen molar-refractivity contribution in [1.29, 1.82) is 0 Å². The first-order valence-corrected chi connectivity index (χ1v) is 19.2. The molecule has 0 unspecified atom stereocenters. The Balaban J connectivity index is 1.08. The van der Waals surface area contributed by atoms with Gasteiger partial charge >= 0.3 is 0 Å². The molecule has 8 aromatic rings. The minimum atomic E-state index is -0.111. The summed E-state index contributed by atoms with van der Waals surface area (Å²) in [4.78, 5) is 29.7. The summed E-state index contributed by atoms with van der Waals surface area (Å²) >= 11 is 0. The Morgan fingerprint density at radius 2 is 0.491 bits per heavy atom. The second-order valence-electron chi connectivity index (χ2n) is 14.2. The van der Waals surface area contributed by atoms with Crippen LogP contribution < -0.4 is 0 Å². The Labute approximate surface area is 322 Å². The fraction of sp³-hybridized carbons (Fsp3) is 0.143. The molecule has 9 rings (SSSR count). The molecule has 6 aromatic carbocycles. The van der Waals surface area contributed by atoms with Gasteiger partial charge in [-0.15, -0.1) is 0 Å². The van der Waals surface area contributed by atoms with Crippen molar-refractivity contribution in [2.24, 2.45) is 0 Å². The zero-order valence-corrected chi connectivity index (χ0v) is 30.6. The number of nitrogens with zero attached hydrogens (tertiary/aromatic N) is 6. The van der Waals surface area contributed by atoms with Crippen LogP contribution in [-0.2, 0) is 5.41 Å². The van der Waals surface area contributed by atoms with Crippen LogP contribution in [0.2, 0.25) is 0 Å². The molecule has 0 spiro atoms. The van der Waals surface area contributed by atoms with E-state index in [0.29, 0.717) is 34.9 Å². The molecule has 6 heteroatoms. The quantitative estimate of drug-likeness (QED) is 0.146. The highest BCUT2D eigenvalue weighted by Gasteiger charge is 2.35. The molecule has 0 N–H and O–H groups in total. The highest BCUT2D eigenvalue weighted by molar-refractivity contribution is 5.68. The lowest BCUT2D eigenvalue weighted by molar-refractivity contribution is 0.446. The van der Waals surface area contributed by atoms with Gasteiger partial charge in [-0.1, -0.05) is 196 Å². The maximum Gasteiger partial charge on any atom is 0.164 e. The smallest absolute Gasteiger partial charge is 0.164 e. The third-order valence-electron chi connectivity index (χ3n) is 10.7. The van der Waals surface area contributed by atoms with Crippen LogP contribution in [-0.4, -0.2) is 29.9 Å². The van der Waals surface area contributed by atoms with E-state index in [-0.39, 0.29) is 5.41 Å². The SMILES string of the molecule is c1ccc(-c2nc(-c3ccccc3)nc(-c3ccc(C4(c5ccc(-c6nc(-c7ccccc7)nc(-c7ccccc7)n6)cc5)CCCCCC4)cc3)n2)cc1. The highest BCUT2D eigenvalue weighted by atomic mass is 15.0. The van der Waals surface area contributed by atoms with Gasteiger partial charge in [-0.2, -0.15) is 0 Å². The fourth-order valence-corrected chi connectivity index (χ4v) is 7.83. The van der Waals surface area contributed by atoms with Crippen LogP contribution in [0.4, 0.5) is 0 Å². The van der Waals surface area contributed by atoms with E-state index >= 15 is 0 Å². The molecule has 1 saturated carbocycles. The average molecular weight is 713 g/mol. The van der Waals surface area contributed by atoms with Gasteiger partial charge in [-0.25, -0.2) is 29.9 Å². The minimum absolute atomic E-state index is 0.111. The van der Waals surface area contributed by atoms with E-state index < -0.39 is 0 Å². The average Bonchev–Trinajstić information content (AvgIpc) is 3.55.